The molecule has 2 aliphatic carbocycles. The quantitative estimate of drug-likeness (QED) is 0.195. The third-order valence-corrected chi connectivity index (χ3v) is 10.1. The van der Waals surface area contributed by atoms with Gasteiger partial charge in [0.2, 0.25) is 0 Å². The normalized spacial score (nSPS) is 20.4. The van der Waals surface area contributed by atoms with Crippen molar-refractivity contribution < 1.29 is 9.47 Å². The van der Waals surface area contributed by atoms with E-state index >= 15 is 0 Å². The van der Waals surface area contributed by atoms with Gasteiger partial charge in [-0.1, -0.05) is 69.0 Å². The Bertz CT molecular complexity index is 1370. The molecular formula is C39H46N2O2. The van der Waals surface area contributed by atoms with Crippen LogP contribution in [0.2, 0.25) is 0 Å². The predicted molar refractivity (Wildman–Crippen MR) is 178 cm³/mol. The highest BCUT2D eigenvalue weighted by molar-refractivity contribution is 5.48. The van der Waals surface area contributed by atoms with E-state index in [0.717, 1.165) is 53.6 Å². The molecule has 0 bridgehead atoms. The Morgan fingerprint density at radius 2 is 1.05 bits per heavy atom. The minimum atomic E-state index is -0.0265. The van der Waals surface area contributed by atoms with E-state index in [4.69, 9.17) is 20.9 Å². The summed E-state index contributed by atoms with van der Waals surface area (Å²) in [5.74, 6) is 5.87. The average molecular weight is 575 g/mol. The molecule has 0 spiro atoms. The molecular weight excluding hydrogens is 528 g/mol. The summed E-state index contributed by atoms with van der Waals surface area (Å²) in [6.45, 7) is 2.33. The van der Waals surface area contributed by atoms with E-state index in [1.165, 1.54) is 62.5 Å². The largest absolute Gasteiger partial charge is 0.457 e. The fourth-order valence-electron chi connectivity index (χ4n) is 7.82. The molecule has 0 radical (unpaired) electrons. The van der Waals surface area contributed by atoms with E-state index in [2.05, 4.69) is 55.5 Å². The zero-order valence-corrected chi connectivity index (χ0v) is 25.5. The van der Waals surface area contributed by atoms with E-state index in [9.17, 15) is 0 Å². The highest BCUT2D eigenvalue weighted by Gasteiger charge is 2.41. The number of benzene rings is 4. The second kappa shape index (κ2) is 13.2. The molecule has 0 heterocycles. The van der Waals surface area contributed by atoms with Gasteiger partial charge in [-0.05, 0) is 116 Å². The number of ether oxygens (including phenoxy) is 2. The maximum Gasteiger partial charge on any atom is 0.129 e. The molecule has 4 aromatic carbocycles. The van der Waals surface area contributed by atoms with Crippen molar-refractivity contribution in [1.29, 1.82) is 0 Å². The highest BCUT2D eigenvalue weighted by atomic mass is 16.5. The van der Waals surface area contributed by atoms with Crippen LogP contribution in [-0.2, 0) is 5.41 Å². The highest BCUT2D eigenvalue weighted by Crippen LogP contribution is 2.51. The molecule has 2 fully saturated rings. The Morgan fingerprint density at radius 1 is 0.581 bits per heavy atom. The van der Waals surface area contributed by atoms with Gasteiger partial charge in [0.05, 0.1) is 0 Å². The molecule has 4 heteroatoms. The molecule has 224 valence electrons. The van der Waals surface area contributed by atoms with Crippen LogP contribution in [-0.4, -0.2) is 0 Å². The summed E-state index contributed by atoms with van der Waals surface area (Å²) in [6.07, 6.45) is 13.4. The predicted octanol–water partition coefficient (Wildman–Crippen LogP) is 10.5. The Hall–Kier alpha value is -3.92. The summed E-state index contributed by atoms with van der Waals surface area (Å²) in [5, 5.41) is 0. The smallest absolute Gasteiger partial charge is 0.129 e. The molecule has 2 saturated carbocycles. The minimum absolute atomic E-state index is 0.0265. The SMILES string of the molecule is CCC[C@H]1CC[C@@H](C2CCC(c3ccc(Oc4cccc(N)c4)cc3)(c3ccc(Oc4cccc(N)c4)cc3)CC2)CC1. The molecule has 43 heavy (non-hydrogen) atoms. The zero-order valence-electron chi connectivity index (χ0n) is 25.5. The maximum absolute atomic E-state index is 6.14. The molecule has 0 saturated heterocycles. The van der Waals surface area contributed by atoms with Crippen LogP contribution in [0.3, 0.4) is 0 Å². The van der Waals surface area contributed by atoms with Crippen LogP contribution in [0.5, 0.6) is 23.0 Å². The van der Waals surface area contributed by atoms with E-state index in [1.807, 2.05) is 48.5 Å². The van der Waals surface area contributed by atoms with Gasteiger partial charge >= 0.3 is 0 Å². The second-order valence-electron chi connectivity index (χ2n) is 12.9. The summed E-state index contributed by atoms with van der Waals surface area (Å²) in [6, 6.07) is 32.7. The van der Waals surface area contributed by atoms with Crippen molar-refractivity contribution >= 4 is 11.4 Å². The van der Waals surface area contributed by atoms with Crippen LogP contribution in [0, 0.1) is 17.8 Å². The number of hydrogen-bond acceptors (Lipinski definition) is 4. The van der Waals surface area contributed by atoms with Gasteiger partial charge in [-0.15, -0.1) is 0 Å². The lowest BCUT2D eigenvalue weighted by atomic mass is 9.60. The summed E-state index contributed by atoms with van der Waals surface area (Å²) < 4.78 is 12.3. The summed E-state index contributed by atoms with van der Waals surface area (Å²) in [4.78, 5) is 0. The van der Waals surface area contributed by atoms with Gasteiger partial charge in [-0.25, -0.2) is 0 Å². The molecule has 0 aliphatic heterocycles. The first-order valence-corrected chi connectivity index (χ1v) is 16.3. The van der Waals surface area contributed by atoms with Gasteiger partial charge in [0.1, 0.15) is 23.0 Å². The van der Waals surface area contributed by atoms with Crippen LogP contribution in [0.1, 0.15) is 82.3 Å². The lowest BCUT2D eigenvalue weighted by Crippen LogP contribution is -2.35. The standard InChI is InChI=1S/C39H46N2O2/c1-2-5-28-10-12-29(13-11-28)30-22-24-39(25-23-30,31-14-18-35(19-15-31)42-37-8-3-6-33(40)26-37)32-16-20-36(21-17-32)43-38-9-4-7-34(41)27-38/h3-4,6-9,14-21,26-30H,2,5,10-13,22-25,40-41H2,1H3/t28-,29+. The first kappa shape index (κ1) is 29.2. The van der Waals surface area contributed by atoms with Gasteiger partial charge in [0.25, 0.3) is 0 Å². The monoisotopic (exact) mass is 574 g/mol. The number of nitrogens with two attached hydrogens (primary N) is 2. The van der Waals surface area contributed by atoms with Crippen LogP contribution in [0.15, 0.2) is 97.1 Å². The van der Waals surface area contributed by atoms with Crippen LogP contribution in [0.4, 0.5) is 11.4 Å². The molecule has 4 N–H and O–H groups in total. The molecule has 4 nitrogen and oxygen atoms in total. The van der Waals surface area contributed by atoms with E-state index < -0.39 is 0 Å². The molecule has 0 aromatic heterocycles. The van der Waals surface area contributed by atoms with Crippen molar-refractivity contribution in [3.8, 4) is 23.0 Å². The van der Waals surface area contributed by atoms with Crippen molar-refractivity contribution in [2.24, 2.45) is 17.8 Å². The molecule has 6 rings (SSSR count). The Balaban J connectivity index is 1.22. The van der Waals surface area contributed by atoms with E-state index in [0.29, 0.717) is 11.4 Å². The van der Waals surface area contributed by atoms with Crippen LogP contribution < -0.4 is 20.9 Å². The van der Waals surface area contributed by atoms with Crippen molar-refractivity contribution in [1.82, 2.24) is 0 Å². The molecule has 4 aromatic rings. The maximum atomic E-state index is 6.14. The van der Waals surface area contributed by atoms with Gasteiger partial charge in [0, 0.05) is 28.9 Å². The zero-order chi connectivity index (χ0) is 29.6. The summed E-state index contributed by atoms with van der Waals surface area (Å²) in [5.41, 5.74) is 16.0. The molecule has 0 amide bonds. The van der Waals surface area contributed by atoms with Gasteiger partial charge in [-0.2, -0.15) is 0 Å². The first-order valence-electron chi connectivity index (χ1n) is 16.3. The number of anilines is 2. The topological polar surface area (TPSA) is 70.5 Å². The summed E-state index contributed by atoms with van der Waals surface area (Å²) >= 11 is 0. The van der Waals surface area contributed by atoms with Gasteiger partial charge in [-0.3, -0.25) is 0 Å². The second-order valence-corrected chi connectivity index (χ2v) is 12.9. The third kappa shape index (κ3) is 6.85. The Kier molecular flexibility index (Phi) is 8.92. The third-order valence-electron chi connectivity index (χ3n) is 10.1. The molecule has 0 unspecified atom stereocenters. The first-order chi connectivity index (χ1) is 21.0. The van der Waals surface area contributed by atoms with Crippen LogP contribution >= 0.6 is 0 Å². The number of hydrogen-bond donors (Lipinski definition) is 2. The van der Waals surface area contributed by atoms with Crippen molar-refractivity contribution in [2.75, 3.05) is 11.5 Å². The van der Waals surface area contributed by atoms with Crippen LogP contribution in [0.25, 0.3) is 0 Å². The fourth-order valence-corrected chi connectivity index (χ4v) is 7.82. The van der Waals surface area contributed by atoms with Crippen molar-refractivity contribution in [2.45, 2.75) is 76.5 Å². The van der Waals surface area contributed by atoms with E-state index in [-0.39, 0.29) is 5.41 Å². The van der Waals surface area contributed by atoms with Crippen molar-refractivity contribution in [3.63, 3.8) is 0 Å². The minimum Gasteiger partial charge on any atom is -0.457 e. The van der Waals surface area contributed by atoms with Gasteiger partial charge < -0.3 is 20.9 Å². The van der Waals surface area contributed by atoms with Gasteiger partial charge in [0.15, 0.2) is 0 Å². The Morgan fingerprint density at radius 3 is 1.49 bits per heavy atom. The lowest BCUT2D eigenvalue weighted by molar-refractivity contribution is 0.141. The number of rotatable bonds is 9. The van der Waals surface area contributed by atoms with E-state index in [1.54, 1.807) is 0 Å². The molecule has 2 aliphatic rings. The lowest BCUT2D eigenvalue weighted by Gasteiger charge is -2.44. The summed E-state index contributed by atoms with van der Waals surface area (Å²) in [7, 11) is 0. The Labute approximate surface area is 257 Å². The average Bonchev–Trinajstić information content (AvgIpc) is 3.03. The fraction of sp³-hybridized carbons (Fsp3) is 0.385. The number of nitrogen functional groups attached to an aromatic ring is 2. The van der Waals surface area contributed by atoms with Crippen molar-refractivity contribution in [3.05, 3.63) is 108 Å². The molecule has 0 atom stereocenters.